The molecular weight excluding hydrogens is 222 g/mol. The van der Waals surface area contributed by atoms with Crippen LogP contribution < -0.4 is 5.73 Å². The van der Waals surface area contributed by atoms with Crippen molar-refractivity contribution in [2.75, 3.05) is 5.73 Å². The SMILES string of the molecule is Cc1cc(N=Nc2ccccc2)c(N)c(C)c1C. The van der Waals surface area contributed by atoms with Crippen LogP contribution in [0, 0.1) is 20.8 Å². The number of hydrogen-bond donors (Lipinski definition) is 1. The van der Waals surface area contributed by atoms with Crippen LogP contribution in [0.2, 0.25) is 0 Å². The average molecular weight is 239 g/mol. The van der Waals surface area contributed by atoms with E-state index in [1.54, 1.807) is 0 Å². The van der Waals surface area contributed by atoms with Crippen molar-refractivity contribution in [3.05, 3.63) is 53.1 Å². The second-order valence-electron chi connectivity index (χ2n) is 4.41. The van der Waals surface area contributed by atoms with Crippen LogP contribution in [-0.4, -0.2) is 0 Å². The Hall–Kier alpha value is -2.16. The number of nitrogens with two attached hydrogens (primary N) is 1. The van der Waals surface area contributed by atoms with E-state index in [1.807, 2.05) is 43.3 Å². The molecule has 2 rings (SSSR count). The van der Waals surface area contributed by atoms with E-state index in [0.29, 0.717) is 5.69 Å². The highest BCUT2D eigenvalue weighted by molar-refractivity contribution is 5.69. The Morgan fingerprint density at radius 3 is 2.22 bits per heavy atom. The molecule has 2 aromatic rings. The van der Waals surface area contributed by atoms with Gasteiger partial charge in [-0.1, -0.05) is 18.2 Å². The number of rotatable bonds is 2. The van der Waals surface area contributed by atoms with Crippen molar-refractivity contribution in [1.29, 1.82) is 0 Å². The molecule has 3 nitrogen and oxygen atoms in total. The molecule has 0 saturated heterocycles. The predicted molar refractivity (Wildman–Crippen MR) is 75.7 cm³/mol. The van der Waals surface area contributed by atoms with Crippen molar-refractivity contribution in [1.82, 2.24) is 0 Å². The normalized spacial score (nSPS) is 11.1. The van der Waals surface area contributed by atoms with Crippen molar-refractivity contribution >= 4 is 17.1 Å². The van der Waals surface area contributed by atoms with Crippen molar-refractivity contribution in [2.45, 2.75) is 20.8 Å². The van der Waals surface area contributed by atoms with E-state index in [2.05, 4.69) is 24.1 Å². The van der Waals surface area contributed by atoms with Gasteiger partial charge in [0.05, 0.1) is 11.4 Å². The van der Waals surface area contributed by atoms with Gasteiger partial charge in [-0.25, -0.2) is 0 Å². The van der Waals surface area contributed by atoms with Gasteiger partial charge in [-0.3, -0.25) is 0 Å². The molecule has 0 aliphatic rings. The molecule has 18 heavy (non-hydrogen) atoms. The Bertz CT molecular complexity index is 586. The van der Waals surface area contributed by atoms with Gasteiger partial charge in [0.2, 0.25) is 0 Å². The van der Waals surface area contributed by atoms with Gasteiger partial charge in [-0.2, -0.15) is 5.11 Å². The first-order valence-electron chi connectivity index (χ1n) is 5.92. The summed E-state index contributed by atoms with van der Waals surface area (Å²) in [5, 5.41) is 8.43. The minimum Gasteiger partial charge on any atom is -0.397 e. The van der Waals surface area contributed by atoms with Crippen molar-refractivity contribution in [3.63, 3.8) is 0 Å². The van der Waals surface area contributed by atoms with E-state index in [1.165, 1.54) is 11.1 Å². The maximum absolute atomic E-state index is 6.06. The fraction of sp³-hybridized carbons (Fsp3) is 0.200. The maximum Gasteiger partial charge on any atom is 0.109 e. The maximum atomic E-state index is 6.06. The Morgan fingerprint density at radius 1 is 0.889 bits per heavy atom. The smallest absolute Gasteiger partial charge is 0.109 e. The molecule has 0 heterocycles. The van der Waals surface area contributed by atoms with Crippen LogP contribution in [0.4, 0.5) is 17.1 Å². The Morgan fingerprint density at radius 2 is 1.56 bits per heavy atom. The van der Waals surface area contributed by atoms with Crippen LogP contribution in [-0.2, 0) is 0 Å². The van der Waals surface area contributed by atoms with Crippen LogP contribution in [0.1, 0.15) is 16.7 Å². The van der Waals surface area contributed by atoms with Gasteiger partial charge in [-0.05, 0) is 55.7 Å². The van der Waals surface area contributed by atoms with E-state index in [0.717, 1.165) is 16.9 Å². The van der Waals surface area contributed by atoms with E-state index in [4.69, 9.17) is 5.73 Å². The van der Waals surface area contributed by atoms with Gasteiger partial charge in [0.1, 0.15) is 5.69 Å². The first-order valence-corrected chi connectivity index (χ1v) is 5.92. The number of aryl methyl sites for hydroxylation is 1. The lowest BCUT2D eigenvalue weighted by Gasteiger charge is -2.10. The summed E-state index contributed by atoms with van der Waals surface area (Å²) in [5.41, 5.74) is 11.8. The number of hydrogen-bond acceptors (Lipinski definition) is 3. The molecule has 0 aromatic heterocycles. The van der Waals surface area contributed by atoms with E-state index < -0.39 is 0 Å². The molecule has 0 fully saturated rings. The fourth-order valence-corrected chi connectivity index (χ4v) is 1.77. The summed E-state index contributed by atoms with van der Waals surface area (Å²) in [6.45, 7) is 6.14. The number of nitrogen functional groups attached to an aromatic ring is 1. The molecule has 0 spiro atoms. The summed E-state index contributed by atoms with van der Waals surface area (Å²) >= 11 is 0. The molecule has 0 amide bonds. The summed E-state index contributed by atoms with van der Waals surface area (Å²) in [6.07, 6.45) is 0. The molecule has 0 bridgehead atoms. The fourth-order valence-electron chi connectivity index (χ4n) is 1.77. The van der Waals surface area contributed by atoms with Crippen LogP contribution in [0.5, 0.6) is 0 Å². The summed E-state index contributed by atoms with van der Waals surface area (Å²) in [4.78, 5) is 0. The van der Waals surface area contributed by atoms with Gasteiger partial charge >= 0.3 is 0 Å². The molecule has 0 atom stereocenters. The zero-order valence-corrected chi connectivity index (χ0v) is 10.9. The van der Waals surface area contributed by atoms with Gasteiger partial charge < -0.3 is 5.73 Å². The highest BCUT2D eigenvalue weighted by Crippen LogP contribution is 2.31. The third kappa shape index (κ3) is 2.40. The van der Waals surface area contributed by atoms with Gasteiger partial charge in [0, 0.05) is 0 Å². The molecule has 2 N–H and O–H groups in total. The first-order chi connectivity index (χ1) is 8.59. The molecule has 0 radical (unpaired) electrons. The standard InChI is InChI=1S/C15H17N3/c1-10-9-14(15(16)12(3)11(10)2)18-17-13-7-5-4-6-8-13/h4-9H,16H2,1-3H3. The lowest BCUT2D eigenvalue weighted by atomic mass is 10.0. The highest BCUT2D eigenvalue weighted by atomic mass is 15.1. The van der Waals surface area contributed by atoms with E-state index >= 15 is 0 Å². The zero-order valence-electron chi connectivity index (χ0n) is 10.9. The minimum atomic E-state index is 0.706. The Balaban J connectivity index is 2.39. The predicted octanol–water partition coefficient (Wildman–Crippen LogP) is 4.61. The summed E-state index contributed by atoms with van der Waals surface area (Å²) < 4.78 is 0. The number of benzene rings is 2. The zero-order chi connectivity index (χ0) is 13.1. The monoisotopic (exact) mass is 239 g/mol. The highest BCUT2D eigenvalue weighted by Gasteiger charge is 2.07. The largest absolute Gasteiger partial charge is 0.397 e. The van der Waals surface area contributed by atoms with Gasteiger partial charge in [0.15, 0.2) is 0 Å². The van der Waals surface area contributed by atoms with Crippen molar-refractivity contribution in [3.8, 4) is 0 Å². The minimum absolute atomic E-state index is 0.706. The topological polar surface area (TPSA) is 50.7 Å². The van der Waals surface area contributed by atoms with Crippen LogP contribution in [0.3, 0.4) is 0 Å². The molecule has 2 aromatic carbocycles. The number of nitrogens with zero attached hydrogens (tertiary/aromatic N) is 2. The number of azo groups is 1. The molecule has 0 aliphatic carbocycles. The van der Waals surface area contributed by atoms with Crippen LogP contribution in [0.25, 0.3) is 0 Å². The molecule has 0 unspecified atom stereocenters. The third-order valence-corrected chi connectivity index (χ3v) is 3.22. The van der Waals surface area contributed by atoms with Crippen molar-refractivity contribution in [2.24, 2.45) is 10.2 Å². The van der Waals surface area contributed by atoms with E-state index in [9.17, 15) is 0 Å². The van der Waals surface area contributed by atoms with E-state index in [-0.39, 0.29) is 0 Å². The Labute approximate surface area is 107 Å². The molecular formula is C15H17N3. The van der Waals surface area contributed by atoms with Gasteiger partial charge in [0.25, 0.3) is 0 Å². The Kier molecular flexibility index (Phi) is 3.42. The van der Waals surface area contributed by atoms with Crippen molar-refractivity contribution < 1.29 is 0 Å². The second-order valence-corrected chi connectivity index (χ2v) is 4.41. The third-order valence-electron chi connectivity index (χ3n) is 3.22. The average Bonchev–Trinajstić information content (AvgIpc) is 2.40. The summed E-state index contributed by atoms with van der Waals surface area (Å²) in [5.74, 6) is 0. The van der Waals surface area contributed by atoms with Crippen LogP contribution in [0.15, 0.2) is 46.6 Å². The lowest BCUT2D eigenvalue weighted by Crippen LogP contribution is -1.95. The number of anilines is 1. The van der Waals surface area contributed by atoms with Gasteiger partial charge in [-0.15, -0.1) is 5.11 Å². The molecule has 0 saturated carbocycles. The molecule has 3 heteroatoms. The summed E-state index contributed by atoms with van der Waals surface area (Å²) in [7, 11) is 0. The quantitative estimate of drug-likeness (QED) is 0.603. The molecule has 0 aliphatic heterocycles. The lowest BCUT2D eigenvalue weighted by molar-refractivity contribution is 1.20. The first kappa shape index (κ1) is 12.3. The molecule has 92 valence electrons. The summed E-state index contributed by atoms with van der Waals surface area (Å²) in [6, 6.07) is 11.6. The van der Waals surface area contributed by atoms with Crippen LogP contribution >= 0.6 is 0 Å². The second kappa shape index (κ2) is 5.00.